The quantitative estimate of drug-likeness (QED) is 0.359. The fourth-order valence-corrected chi connectivity index (χ4v) is 5.66. The molecule has 8 heteroatoms. The molecular formula is C25H20ClN3O3S. The van der Waals surface area contributed by atoms with Gasteiger partial charge in [0.05, 0.1) is 29.3 Å². The average Bonchev–Trinajstić information content (AvgIpc) is 3.30. The van der Waals surface area contributed by atoms with E-state index in [0.29, 0.717) is 23.4 Å². The molecule has 0 spiro atoms. The largest absolute Gasteiger partial charge is 0.497 e. The smallest absolute Gasteiger partial charge is 0.279 e. The molecule has 0 saturated heterocycles. The van der Waals surface area contributed by atoms with E-state index in [1.54, 1.807) is 37.4 Å². The van der Waals surface area contributed by atoms with E-state index >= 15 is 0 Å². The molecule has 33 heavy (non-hydrogen) atoms. The molecule has 2 heterocycles. The van der Waals surface area contributed by atoms with E-state index in [1.807, 2.05) is 54.6 Å². The number of pyridine rings is 1. The summed E-state index contributed by atoms with van der Waals surface area (Å²) in [4.78, 5) is 4.67. The maximum Gasteiger partial charge on any atom is 0.279 e. The van der Waals surface area contributed by atoms with Crippen molar-refractivity contribution in [3.05, 3.63) is 101 Å². The Morgan fingerprint density at radius 3 is 2.39 bits per heavy atom. The predicted octanol–water partition coefficient (Wildman–Crippen LogP) is 5.44. The first-order valence-electron chi connectivity index (χ1n) is 10.3. The number of sulfonamides is 1. The number of halogens is 1. The second kappa shape index (κ2) is 8.50. The van der Waals surface area contributed by atoms with Gasteiger partial charge in [0.2, 0.25) is 0 Å². The zero-order chi connectivity index (χ0) is 23.0. The highest BCUT2D eigenvalue weighted by atomic mass is 35.5. The molecule has 0 radical (unpaired) electrons. The molecule has 3 aromatic carbocycles. The standard InChI is InChI=1S/C25H20ClN3O3S/c1-32-19-13-11-17(12-14-19)23-16-24(21-15-18-7-5-6-10-22(18)27-25(21)26)29(28-23)33(30,31)20-8-3-2-4-9-20/h2-15,24H,16H2,1H3/t24-/m1/s1. The van der Waals surface area contributed by atoms with Gasteiger partial charge in [-0.25, -0.2) is 4.98 Å². The molecule has 0 saturated carbocycles. The zero-order valence-electron chi connectivity index (χ0n) is 17.7. The van der Waals surface area contributed by atoms with Gasteiger partial charge in [0.1, 0.15) is 10.9 Å². The van der Waals surface area contributed by atoms with Crippen molar-refractivity contribution in [2.45, 2.75) is 17.4 Å². The lowest BCUT2D eigenvalue weighted by Gasteiger charge is -2.24. The van der Waals surface area contributed by atoms with Gasteiger partial charge in [-0.3, -0.25) is 0 Å². The van der Waals surface area contributed by atoms with Crippen LogP contribution < -0.4 is 4.74 Å². The summed E-state index contributed by atoms with van der Waals surface area (Å²) in [5.74, 6) is 0.712. The summed E-state index contributed by atoms with van der Waals surface area (Å²) in [6, 6.07) is 24.5. The van der Waals surface area contributed by atoms with Crippen molar-refractivity contribution in [3.8, 4) is 5.75 Å². The summed E-state index contributed by atoms with van der Waals surface area (Å²) >= 11 is 6.58. The number of hydrogen-bond donors (Lipinski definition) is 0. The lowest BCUT2D eigenvalue weighted by molar-refractivity contribution is 0.371. The second-order valence-electron chi connectivity index (χ2n) is 7.65. The molecule has 0 aliphatic carbocycles. The molecule has 0 N–H and O–H groups in total. The maximum atomic E-state index is 13.6. The lowest BCUT2D eigenvalue weighted by atomic mass is 9.99. The maximum absolute atomic E-state index is 13.6. The van der Waals surface area contributed by atoms with E-state index in [4.69, 9.17) is 16.3 Å². The van der Waals surface area contributed by atoms with Crippen LogP contribution in [0.5, 0.6) is 5.75 Å². The van der Waals surface area contributed by atoms with Crippen molar-refractivity contribution < 1.29 is 13.2 Å². The van der Waals surface area contributed by atoms with Gasteiger partial charge in [-0.15, -0.1) is 0 Å². The van der Waals surface area contributed by atoms with Gasteiger partial charge in [-0.1, -0.05) is 48.0 Å². The monoisotopic (exact) mass is 477 g/mol. The number of benzene rings is 3. The molecular weight excluding hydrogens is 458 g/mol. The van der Waals surface area contributed by atoms with Crippen molar-refractivity contribution in [1.29, 1.82) is 0 Å². The Balaban J connectivity index is 1.64. The van der Waals surface area contributed by atoms with Crippen molar-refractivity contribution in [2.75, 3.05) is 7.11 Å². The first kappa shape index (κ1) is 21.4. The molecule has 1 aromatic heterocycles. The summed E-state index contributed by atoms with van der Waals surface area (Å²) in [6.45, 7) is 0. The predicted molar refractivity (Wildman–Crippen MR) is 129 cm³/mol. The summed E-state index contributed by atoms with van der Waals surface area (Å²) in [6.07, 6.45) is 0.359. The fraction of sp³-hybridized carbons (Fsp3) is 0.120. The normalized spacial score (nSPS) is 16.1. The third-order valence-electron chi connectivity index (χ3n) is 5.65. The van der Waals surface area contributed by atoms with Crippen LogP contribution in [0.1, 0.15) is 23.6 Å². The van der Waals surface area contributed by atoms with Gasteiger partial charge < -0.3 is 4.74 Å². The second-order valence-corrected chi connectivity index (χ2v) is 9.80. The molecule has 1 aliphatic rings. The minimum absolute atomic E-state index is 0.166. The van der Waals surface area contributed by atoms with Crippen molar-refractivity contribution in [2.24, 2.45) is 5.10 Å². The van der Waals surface area contributed by atoms with E-state index in [2.05, 4.69) is 10.1 Å². The number of para-hydroxylation sites is 1. The van der Waals surface area contributed by atoms with Crippen LogP contribution in [0.4, 0.5) is 0 Å². The van der Waals surface area contributed by atoms with Crippen LogP contribution in [-0.2, 0) is 10.0 Å². The molecule has 6 nitrogen and oxygen atoms in total. The fourth-order valence-electron chi connectivity index (χ4n) is 3.94. The van der Waals surface area contributed by atoms with Gasteiger partial charge in [-0.2, -0.15) is 17.9 Å². The SMILES string of the molecule is COc1ccc(C2=NN(S(=O)(=O)c3ccccc3)[C@@H](c3cc4ccccc4nc3Cl)C2)cc1. The summed E-state index contributed by atoms with van der Waals surface area (Å²) in [5, 5.41) is 5.72. The highest BCUT2D eigenvalue weighted by Gasteiger charge is 2.39. The minimum Gasteiger partial charge on any atom is -0.497 e. The van der Waals surface area contributed by atoms with Gasteiger partial charge in [0.25, 0.3) is 10.0 Å². The molecule has 0 unspecified atom stereocenters. The first-order chi connectivity index (χ1) is 16.0. The molecule has 0 fully saturated rings. The Morgan fingerprint density at radius 1 is 0.970 bits per heavy atom. The summed E-state index contributed by atoms with van der Waals surface area (Å²) in [7, 11) is -2.33. The number of rotatable bonds is 5. The van der Waals surface area contributed by atoms with Crippen molar-refractivity contribution >= 4 is 38.2 Å². The number of nitrogens with zero attached hydrogens (tertiary/aromatic N) is 3. The Bertz CT molecular complexity index is 1460. The number of hydrazone groups is 1. The summed E-state index contributed by atoms with van der Waals surface area (Å²) in [5.41, 5.74) is 2.82. The molecule has 4 aromatic rings. The molecule has 166 valence electrons. The average molecular weight is 478 g/mol. The van der Waals surface area contributed by atoms with E-state index in [9.17, 15) is 8.42 Å². The number of ether oxygens (including phenoxy) is 1. The van der Waals surface area contributed by atoms with Crippen LogP contribution in [0.2, 0.25) is 5.15 Å². The van der Waals surface area contributed by atoms with Crippen LogP contribution in [0.15, 0.2) is 94.9 Å². The molecule has 1 aliphatic heterocycles. The molecule has 0 amide bonds. The number of methoxy groups -OCH3 is 1. The number of hydrogen-bond acceptors (Lipinski definition) is 5. The molecule has 0 bridgehead atoms. The minimum atomic E-state index is -3.93. The number of aromatic nitrogens is 1. The third-order valence-corrected chi connectivity index (χ3v) is 7.65. The highest BCUT2D eigenvalue weighted by Crippen LogP contribution is 2.40. The van der Waals surface area contributed by atoms with E-state index < -0.39 is 16.1 Å². The van der Waals surface area contributed by atoms with Crippen LogP contribution in [0.25, 0.3) is 10.9 Å². The van der Waals surface area contributed by atoms with Crippen LogP contribution in [0, 0.1) is 0 Å². The Labute approximate surface area is 197 Å². The first-order valence-corrected chi connectivity index (χ1v) is 12.2. The van der Waals surface area contributed by atoms with E-state index in [-0.39, 0.29) is 10.0 Å². The molecule has 1 atom stereocenters. The Morgan fingerprint density at radius 2 is 1.67 bits per heavy atom. The van der Waals surface area contributed by atoms with Crippen molar-refractivity contribution in [1.82, 2.24) is 9.40 Å². The zero-order valence-corrected chi connectivity index (χ0v) is 19.3. The number of fused-ring (bicyclic) bond motifs is 1. The Hall–Kier alpha value is -3.42. The van der Waals surface area contributed by atoms with Gasteiger partial charge in [-0.05, 0) is 54.1 Å². The Kier molecular flexibility index (Phi) is 5.52. The summed E-state index contributed by atoms with van der Waals surface area (Å²) < 4.78 is 33.6. The third kappa shape index (κ3) is 3.94. The van der Waals surface area contributed by atoms with Crippen molar-refractivity contribution in [3.63, 3.8) is 0 Å². The molecule has 5 rings (SSSR count). The van der Waals surface area contributed by atoms with E-state index in [1.165, 1.54) is 4.41 Å². The van der Waals surface area contributed by atoms with Gasteiger partial charge >= 0.3 is 0 Å². The van der Waals surface area contributed by atoms with Gasteiger partial charge in [0, 0.05) is 17.4 Å². The van der Waals surface area contributed by atoms with Crippen LogP contribution >= 0.6 is 11.6 Å². The topological polar surface area (TPSA) is 71.9 Å². The van der Waals surface area contributed by atoms with Crippen LogP contribution in [-0.4, -0.2) is 30.6 Å². The van der Waals surface area contributed by atoms with Crippen LogP contribution in [0.3, 0.4) is 0 Å². The van der Waals surface area contributed by atoms with E-state index in [0.717, 1.165) is 16.5 Å². The highest BCUT2D eigenvalue weighted by molar-refractivity contribution is 7.89. The lowest BCUT2D eigenvalue weighted by Crippen LogP contribution is -2.27. The van der Waals surface area contributed by atoms with Gasteiger partial charge in [0.15, 0.2) is 0 Å².